The van der Waals surface area contributed by atoms with Gasteiger partial charge in [-0.1, -0.05) is 0 Å². The van der Waals surface area contributed by atoms with Crippen molar-refractivity contribution in [3.05, 3.63) is 23.9 Å². The Hall–Kier alpha value is -0.740. The second-order valence-electron chi connectivity index (χ2n) is 4.10. The lowest BCUT2D eigenvalue weighted by Gasteiger charge is -2.26. The SMILES string of the molecule is Cc1ccnc(NCCN2CCSCC2)c1. The van der Waals surface area contributed by atoms with E-state index in [4.69, 9.17) is 0 Å². The minimum atomic E-state index is 0.987. The zero-order chi connectivity index (χ0) is 11.2. The van der Waals surface area contributed by atoms with E-state index in [9.17, 15) is 0 Å². The fourth-order valence-electron chi connectivity index (χ4n) is 1.80. The van der Waals surface area contributed by atoms with Crippen LogP contribution >= 0.6 is 11.8 Å². The van der Waals surface area contributed by atoms with Crippen LogP contribution in [0.5, 0.6) is 0 Å². The molecular formula is C12H19N3S. The maximum Gasteiger partial charge on any atom is 0.126 e. The average molecular weight is 237 g/mol. The Morgan fingerprint density at radius 3 is 3.00 bits per heavy atom. The van der Waals surface area contributed by atoms with Gasteiger partial charge in [0.05, 0.1) is 0 Å². The molecule has 0 bridgehead atoms. The molecule has 16 heavy (non-hydrogen) atoms. The van der Waals surface area contributed by atoms with Gasteiger partial charge in [-0.05, 0) is 24.6 Å². The fraction of sp³-hybridized carbons (Fsp3) is 0.583. The molecule has 0 unspecified atom stereocenters. The molecule has 1 aromatic rings. The average Bonchev–Trinajstić information content (AvgIpc) is 2.30. The number of nitrogens with zero attached hydrogens (tertiary/aromatic N) is 2. The minimum Gasteiger partial charge on any atom is -0.369 e. The number of thioether (sulfide) groups is 1. The molecule has 1 fully saturated rings. The van der Waals surface area contributed by atoms with Gasteiger partial charge >= 0.3 is 0 Å². The molecule has 2 heterocycles. The van der Waals surface area contributed by atoms with Crippen molar-refractivity contribution in [3.63, 3.8) is 0 Å². The van der Waals surface area contributed by atoms with Crippen molar-refractivity contribution < 1.29 is 0 Å². The third-order valence-corrected chi connectivity index (χ3v) is 3.70. The highest BCUT2D eigenvalue weighted by atomic mass is 32.2. The third-order valence-electron chi connectivity index (χ3n) is 2.75. The van der Waals surface area contributed by atoms with E-state index < -0.39 is 0 Å². The van der Waals surface area contributed by atoms with Crippen LogP contribution in [0, 0.1) is 6.92 Å². The maximum atomic E-state index is 4.29. The Bertz CT molecular complexity index is 324. The number of pyridine rings is 1. The van der Waals surface area contributed by atoms with Crippen LogP contribution in [-0.2, 0) is 0 Å². The van der Waals surface area contributed by atoms with Crippen LogP contribution in [0.4, 0.5) is 5.82 Å². The minimum absolute atomic E-state index is 0.987. The van der Waals surface area contributed by atoms with E-state index in [2.05, 4.69) is 40.0 Å². The van der Waals surface area contributed by atoms with Gasteiger partial charge in [-0.2, -0.15) is 11.8 Å². The first-order chi connectivity index (χ1) is 7.84. The van der Waals surface area contributed by atoms with E-state index in [1.807, 2.05) is 12.3 Å². The van der Waals surface area contributed by atoms with Crippen LogP contribution in [0.15, 0.2) is 18.3 Å². The van der Waals surface area contributed by atoms with Crippen LogP contribution in [0.3, 0.4) is 0 Å². The molecule has 0 saturated carbocycles. The van der Waals surface area contributed by atoms with Crippen molar-refractivity contribution in [2.75, 3.05) is 43.0 Å². The molecule has 0 radical (unpaired) electrons. The summed E-state index contributed by atoms with van der Waals surface area (Å²) in [4.78, 5) is 6.80. The summed E-state index contributed by atoms with van der Waals surface area (Å²) in [6, 6.07) is 4.11. The smallest absolute Gasteiger partial charge is 0.126 e. The molecule has 0 amide bonds. The van der Waals surface area contributed by atoms with E-state index in [1.54, 1.807) is 0 Å². The van der Waals surface area contributed by atoms with Gasteiger partial charge in [0.15, 0.2) is 0 Å². The molecule has 0 spiro atoms. The monoisotopic (exact) mass is 237 g/mol. The second-order valence-corrected chi connectivity index (χ2v) is 5.32. The second kappa shape index (κ2) is 6.11. The van der Waals surface area contributed by atoms with E-state index in [0.717, 1.165) is 18.9 Å². The zero-order valence-electron chi connectivity index (χ0n) is 9.78. The Kier molecular flexibility index (Phi) is 4.48. The van der Waals surface area contributed by atoms with E-state index in [0.29, 0.717) is 0 Å². The van der Waals surface area contributed by atoms with Crippen LogP contribution in [0.2, 0.25) is 0 Å². The summed E-state index contributed by atoms with van der Waals surface area (Å²) in [5.74, 6) is 3.55. The van der Waals surface area contributed by atoms with Gasteiger partial charge < -0.3 is 5.32 Å². The Morgan fingerprint density at radius 2 is 2.25 bits per heavy atom. The number of hydrogen-bond donors (Lipinski definition) is 1. The summed E-state index contributed by atoms with van der Waals surface area (Å²) in [7, 11) is 0. The highest BCUT2D eigenvalue weighted by molar-refractivity contribution is 7.99. The lowest BCUT2D eigenvalue weighted by molar-refractivity contribution is 0.314. The molecular weight excluding hydrogens is 218 g/mol. The summed E-state index contributed by atoms with van der Waals surface area (Å²) in [6.45, 7) is 6.66. The van der Waals surface area contributed by atoms with E-state index in [1.165, 1.54) is 30.2 Å². The molecule has 0 aromatic carbocycles. The summed E-state index contributed by atoms with van der Waals surface area (Å²) < 4.78 is 0. The zero-order valence-corrected chi connectivity index (χ0v) is 10.6. The fourth-order valence-corrected chi connectivity index (χ4v) is 2.78. The van der Waals surface area contributed by atoms with Gasteiger partial charge in [0.2, 0.25) is 0 Å². The van der Waals surface area contributed by atoms with E-state index >= 15 is 0 Å². The number of hydrogen-bond acceptors (Lipinski definition) is 4. The van der Waals surface area contributed by atoms with Crippen molar-refractivity contribution in [3.8, 4) is 0 Å². The summed E-state index contributed by atoms with van der Waals surface area (Å²) in [5.41, 5.74) is 1.26. The molecule has 1 aromatic heterocycles. The summed E-state index contributed by atoms with van der Waals surface area (Å²) in [5, 5.41) is 3.37. The van der Waals surface area contributed by atoms with E-state index in [-0.39, 0.29) is 0 Å². The summed E-state index contributed by atoms with van der Waals surface area (Å²) >= 11 is 2.06. The molecule has 1 aliphatic heterocycles. The lowest BCUT2D eigenvalue weighted by atomic mass is 10.3. The number of aryl methyl sites for hydroxylation is 1. The molecule has 0 atom stereocenters. The van der Waals surface area contributed by atoms with Gasteiger partial charge in [0.25, 0.3) is 0 Å². The lowest BCUT2D eigenvalue weighted by Crippen LogP contribution is -2.36. The van der Waals surface area contributed by atoms with Crippen LogP contribution in [0.25, 0.3) is 0 Å². The highest BCUT2D eigenvalue weighted by Gasteiger charge is 2.09. The van der Waals surface area contributed by atoms with Crippen LogP contribution in [0.1, 0.15) is 5.56 Å². The Morgan fingerprint density at radius 1 is 1.44 bits per heavy atom. The molecule has 4 heteroatoms. The quantitative estimate of drug-likeness (QED) is 0.865. The first-order valence-electron chi connectivity index (χ1n) is 5.81. The molecule has 0 aliphatic carbocycles. The van der Waals surface area contributed by atoms with Gasteiger partial charge in [0.1, 0.15) is 5.82 Å². The molecule has 1 N–H and O–H groups in total. The van der Waals surface area contributed by atoms with Gasteiger partial charge in [0, 0.05) is 43.9 Å². The highest BCUT2D eigenvalue weighted by Crippen LogP contribution is 2.09. The largest absolute Gasteiger partial charge is 0.369 e. The standard InChI is InChI=1S/C12H19N3S/c1-11-2-3-13-12(10-11)14-4-5-15-6-8-16-9-7-15/h2-3,10H,4-9H2,1H3,(H,13,14). The first-order valence-corrected chi connectivity index (χ1v) is 6.97. The molecule has 2 rings (SSSR count). The normalized spacial score (nSPS) is 17.3. The Balaban J connectivity index is 1.71. The molecule has 88 valence electrons. The predicted octanol–water partition coefficient (Wildman–Crippen LogP) is 1.85. The topological polar surface area (TPSA) is 28.2 Å². The van der Waals surface area contributed by atoms with Crippen LogP contribution < -0.4 is 5.32 Å². The number of anilines is 1. The predicted molar refractivity (Wildman–Crippen MR) is 71.2 cm³/mol. The Labute approximate surface area is 102 Å². The van der Waals surface area contributed by atoms with Crippen molar-refractivity contribution in [1.82, 2.24) is 9.88 Å². The summed E-state index contributed by atoms with van der Waals surface area (Å²) in [6.07, 6.45) is 1.86. The number of rotatable bonds is 4. The molecule has 1 aliphatic rings. The number of aromatic nitrogens is 1. The first kappa shape index (κ1) is 11.7. The van der Waals surface area contributed by atoms with Crippen LogP contribution in [-0.4, -0.2) is 47.6 Å². The van der Waals surface area contributed by atoms with Gasteiger partial charge in [-0.25, -0.2) is 4.98 Å². The van der Waals surface area contributed by atoms with Crippen molar-refractivity contribution >= 4 is 17.6 Å². The third kappa shape index (κ3) is 3.68. The van der Waals surface area contributed by atoms with Crippen molar-refractivity contribution in [1.29, 1.82) is 0 Å². The molecule has 3 nitrogen and oxygen atoms in total. The molecule has 1 saturated heterocycles. The van der Waals surface area contributed by atoms with Crippen molar-refractivity contribution in [2.24, 2.45) is 0 Å². The van der Waals surface area contributed by atoms with Crippen molar-refractivity contribution in [2.45, 2.75) is 6.92 Å². The maximum absolute atomic E-state index is 4.29. The van der Waals surface area contributed by atoms with Gasteiger partial charge in [-0.15, -0.1) is 0 Å². The number of nitrogens with one attached hydrogen (secondary N) is 1. The van der Waals surface area contributed by atoms with Gasteiger partial charge in [-0.3, -0.25) is 4.90 Å².